The lowest BCUT2D eigenvalue weighted by Crippen LogP contribution is -2.67. The van der Waals surface area contributed by atoms with Crippen LogP contribution >= 0.6 is 0 Å². The van der Waals surface area contributed by atoms with Gasteiger partial charge in [-0.1, -0.05) is 0 Å². The molecule has 2 saturated heterocycles. The first-order chi connectivity index (χ1) is 20.0. The van der Waals surface area contributed by atoms with E-state index < -0.39 is 103 Å². The first-order valence-electron chi connectivity index (χ1n) is 13.6. The Bertz CT molecular complexity index is 1080. The third-order valence-corrected chi connectivity index (χ3v) is 6.60. The van der Waals surface area contributed by atoms with Gasteiger partial charge < -0.3 is 49.6 Å². The van der Waals surface area contributed by atoms with E-state index in [2.05, 4.69) is 16.0 Å². The normalized spacial score (nSPS) is 28.1. The molecule has 0 spiro atoms. The number of nitrogens with one attached hydrogen (secondary N) is 3. The molecule has 0 bridgehead atoms. The Labute approximate surface area is 248 Å². The molecule has 4 N–H and O–H groups in total. The van der Waals surface area contributed by atoms with Crippen molar-refractivity contribution in [2.75, 3.05) is 20.2 Å². The molecule has 43 heavy (non-hydrogen) atoms. The van der Waals surface area contributed by atoms with Gasteiger partial charge in [-0.15, -0.1) is 0 Å². The maximum atomic E-state index is 13.4. The summed E-state index contributed by atoms with van der Waals surface area (Å²) in [6.07, 6.45) is -7.62. The van der Waals surface area contributed by atoms with Crippen LogP contribution in [0.15, 0.2) is 0 Å². The van der Waals surface area contributed by atoms with E-state index in [0.29, 0.717) is 0 Å². The summed E-state index contributed by atoms with van der Waals surface area (Å²) >= 11 is 0. The van der Waals surface area contributed by atoms with Crippen molar-refractivity contribution < 1.29 is 62.4 Å². The number of likely N-dealkylation sites (N-methyl/N-ethyl adjacent to an activating group) is 1. The molecule has 0 aromatic heterocycles. The zero-order valence-corrected chi connectivity index (χ0v) is 25.1. The van der Waals surface area contributed by atoms with Crippen LogP contribution in [-0.4, -0.2) is 127 Å². The first-order valence-corrected chi connectivity index (χ1v) is 13.6. The van der Waals surface area contributed by atoms with Crippen LogP contribution in [0.4, 0.5) is 0 Å². The minimum absolute atomic E-state index is 0.0646. The van der Waals surface area contributed by atoms with Crippen molar-refractivity contribution in [1.82, 2.24) is 20.9 Å². The number of carbonyl (C=O) groups excluding carboxylic acids is 7. The smallest absolute Gasteiger partial charge is 0.303 e. The molecule has 0 saturated carbocycles. The minimum atomic E-state index is -1.42. The van der Waals surface area contributed by atoms with Crippen molar-refractivity contribution in [2.45, 2.75) is 103 Å². The van der Waals surface area contributed by atoms with E-state index in [1.54, 1.807) is 0 Å². The number of ether oxygens (including phenoxy) is 5. The van der Waals surface area contributed by atoms with Gasteiger partial charge in [-0.05, 0) is 6.92 Å². The van der Waals surface area contributed by atoms with Gasteiger partial charge in [0.05, 0.1) is 12.2 Å². The average molecular weight is 617 g/mol. The summed E-state index contributed by atoms with van der Waals surface area (Å²) in [7, 11) is 1.37. The van der Waals surface area contributed by atoms with Gasteiger partial charge in [-0.25, -0.2) is 0 Å². The van der Waals surface area contributed by atoms with Crippen LogP contribution in [-0.2, 0) is 57.2 Å². The molecule has 2 aliphatic rings. The first kappa shape index (κ1) is 35.4. The molecule has 4 amide bonds. The van der Waals surface area contributed by atoms with Gasteiger partial charge in [0, 0.05) is 54.6 Å². The Balaban J connectivity index is 2.46. The zero-order chi connectivity index (χ0) is 32.6. The summed E-state index contributed by atoms with van der Waals surface area (Å²) in [5.74, 6) is -4.69. The molecule has 0 aliphatic carbocycles. The van der Waals surface area contributed by atoms with E-state index in [1.165, 1.54) is 27.8 Å². The van der Waals surface area contributed by atoms with Crippen molar-refractivity contribution in [2.24, 2.45) is 0 Å². The number of likely N-dealkylation sites (tertiary alicyclic amines) is 1. The standard InChI is InChI=1S/C26H40N4O13/c1-11(31)20(28-12(2)32)25(38)30-9-17(8-18(30)24(37)27-7)42-26-21(29-13(3)33)23(41-16(6)36)22(40-15(5)35)19(43-26)10-39-14(4)34/h11,17-23,26,31H,8-10H2,1-7H3,(H,27,37)(H,28,32)(H,29,33)/t11-,17-,18+,19-,20+,21-,22-,23-,26+/m1/s1. The van der Waals surface area contributed by atoms with Crippen LogP contribution in [0.5, 0.6) is 0 Å². The Morgan fingerprint density at radius 3 is 2.02 bits per heavy atom. The number of carbonyl (C=O) groups is 7. The number of esters is 3. The van der Waals surface area contributed by atoms with Gasteiger partial charge in [-0.2, -0.15) is 0 Å². The largest absolute Gasteiger partial charge is 0.463 e. The Morgan fingerprint density at radius 1 is 0.930 bits per heavy atom. The van der Waals surface area contributed by atoms with Crippen molar-refractivity contribution in [1.29, 1.82) is 0 Å². The molecule has 2 heterocycles. The number of amides is 4. The summed E-state index contributed by atoms with van der Waals surface area (Å²) < 4.78 is 28.1. The van der Waals surface area contributed by atoms with Crippen LogP contribution in [0, 0.1) is 0 Å². The highest BCUT2D eigenvalue weighted by Crippen LogP contribution is 2.31. The summed E-state index contributed by atoms with van der Waals surface area (Å²) in [6.45, 7) is 6.37. The summed E-state index contributed by atoms with van der Waals surface area (Å²) in [5.41, 5.74) is 0. The molecule has 0 aromatic carbocycles. The fourth-order valence-electron chi connectivity index (χ4n) is 4.94. The van der Waals surface area contributed by atoms with Gasteiger partial charge in [0.15, 0.2) is 18.5 Å². The SMILES string of the molecule is CNC(=O)[C@@H]1C[C@@H](O[C@H]2O[C@H](COC(C)=O)[C@@H](OC(C)=O)[C@H](OC(C)=O)[C@H]2NC(C)=O)CN1C(=O)[C@@H](NC(C)=O)[C@@H](C)O. The zero-order valence-electron chi connectivity index (χ0n) is 25.1. The maximum absolute atomic E-state index is 13.4. The predicted octanol–water partition coefficient (Wildman–Crippen LogP) is -2.74. The minimum Gasteiger partial charge on any atom is -0.463 e. The average Bonchev–Trinajstić information content (AvgIpc) is 3.31. The van der Waals surface area contributed by atoms with Gasteiger partial charge in [0.1, 0.15) is 30.8 Å². The second-order valence-electron chi connectivity index (χ2n) is 10.3. The molecule has 17 heteroatoms. The molecule has 17 nitrogen and oxygen atoms in total. The fourth-order valence-corrected chi connectivity index (χ4v) is 4.94. The second kappa shape index (κ2) is 15.6. The number of hydrogen-bond acceptors (Lipinski definition) is 13. The summed E-state index contributed by atoms with van der Waals surface area (Å²) in [5, 5.41) is 17.6. The van der Waals surface area contributed by atoms with Gasteiger partial charge in [0.2, 0.25) is 23.6 Å². The molecule has 2 rings (SSSR count). The van der Waals surface area contributed by atoms with Crippen molar-refractivity contribution >= 4 is 41.5 Å². The summed E-state index contributed by atoms with van der Waals surface area (Å²) in [6, 6.07) is -3.69. The third-order valence-electron chi connectivity index (χ3n) is 6.60. The van der Waals surface area contributed by atoms with E-state index in [-0.39, 0.29) is 13.0 Å². The van der Waals surface area contributed by atoms with E-state index in [1.807, 2.05) is 0 Å². The lowest BCUT2D eigenvalue weighted by Gasteiger charge is -2.45. The Kier molecular flexibility index (Phi) is 12.8. The summed E-state index contributed by atoms with van der Waals surface area (Å²) in [4.78, 5) is 86.8. The quantitative estimate of drug-likeness (QED) is 0.137. The molecular formula is C26H40N4O13. The molecule has 2 fully saturated rings. The topological polar surface area (TPSA) is 225 Å². The Hall–Kier alpha value is -3.83. The molecule has 0 unspecified atom stereocenters. The lowest BCUT2D eigenvalue weighted by molar-refractivity contribution is -0.286. The second-order valence-corrected chi connectivity index (χ2v) is 10.3. The number of rotatable bonds is 11. The molecular weight excluding hydrogens is 576 g/mol. The molecule has 0 radical (unpaired) electrons. The van der Waals surface area contributed by atoms with Crippen LogP contribution in [0.3, 0.4) is 0 Å². The van der Waals surface area contributed by atoms with Crippen LogP contribution < -0.4 is 16.0 Å². The van der Waals surface area contributed by atoms with Crippen molar-refractivity contribution in [3.8, 4) is 0 Å². The highest BCUT2D eigenvalue weighted by molar-refractivity contribution is 5.92. The molecule has 242 valence electrons. The maximum Gasteiger partial charge on any atom is 0.303 e. The third kappa shape index (κ3) is 9.86. The van der Waals surface area contributed by atoms with Crippen LogP contribution in [0.25, 0.3) is 0 Å². The number of hydrogen-bond donors (Lipinski definition) is 4. The fraction of sp³-hybridized carbons (Fsp3) is 0.731. The predicted molar refractivity (Wildman–Crippen MR) is 142 cm³/mol. The molecule has 2 aliphatic heterocycles. The van der Waals surface area contributed by atoms with E-state index >= 15 is 0 Å². The monoisotopic (exact) mass is 616 g/mol. The van der Waals surface area contributed by atoms with Gasteiger partial charge in [0.25, 0.3) is 0 Å². The number of aliphatic hydroxyl groups excluding tert-OH is 1. The van der Waals surface area contributed by atoms with Gasteiger partial charge >= 0.3 is 17.9 Å². The van der Waals surface area contributed by atoms with Crippen LogP contribution in [0.1, 0.15) is 48.0 Å². The highest BCUT2D eigenvalue weighted by atomic mass is 16.7. The highest BCUT2D eigenvalue weighted by Gasteiger charge is 2.53. The van der Waals surface area contributed by atoms with E-state index in [9.17, 15) is 38.7 Å². The van der Waals surface area contributed by atoms with Gasteiger partial charge in [-0.3, -0.25) is 33.6 Å². The lowest BCUT2D eigenvalue weighted by atomic mass is 9.96. The Morgan fingerprint density at radius 2 is 1.53 bits per heavy atom. The molecule has 9 atom stereocenters. The van der Waals surface area contributed by atoms with Crippen molar-refractivity contribution in [3.63, 3.8) is 0 Å². The van der Waals surface area contributed by atoms with Crippen molar-refractivity contribution in [3.05, 3.63) is 0 Å². The molecule has 0 aromatic rings. The van der Waals surface area contributed by atoms with Crippen LogP contribution in [0.2, 0.25) is 0 Å². The number of aliphatic hydroxyl groups is 1. The van der Waals surface area contributed by atoms with E-state index in [4.69, 9.17) is 23.7 Å². The number of nitrogens with zero attached hydrogens (tertiary/aromatic N) is 1. The van der Waals surface area contributed by atoms with E-state index in [0.717, 1.165) is 25.7 Å².